The highest BCUT2D eigenvalue weighted by atomic mass is 35.5. The van der Waals surface area contributed by atoms with Crippen molar-refractivity contribution in [2.45, 2.75) is 6.42 Å². The van der Waals surface area contributed by atoms with Crippen LogP contribution < -0.4 is 16.8 Å². The van der Waals surface area contributed by atoms with Crippen molar-refractivity contribution in [3.63, 3.8) is 0 Å². The zero-order chi connectivity index (χ0) is 23.3. The van der Waals surface area contributed by atoms with Gasteiger partial charge < -0.3 is 21.8 Å². The summed E-state index contributed by atoms with van der Waals surface area (Å²) in [6.45, 7) is 0.561. The molecule has 0 fully saturated rings. The Labute approximate surface area is 200 Å². The SMILES string of the molecule is CN.N#Cc1cc(Nc2cc(CCN=CN)c3[nH]c4cc(Cl)c(Cl)cc4c3c2)ccc1Cl. The fraction of sp³-hybridized carbons (Fsp3) is 0.130. The van der Waals surface area contributed by atoms with E-state index < -0.39 is 0 Å². The molecule has 0 aliphatic carbocycles. The van der Waals surface area contributed by atoms with Crippen LogP contribution in [0.5, 0.6) is 0 Å². The fourth-order valence-corrected chi connectivity index (χ4v) is 3.94. The number of rotatable bonds is 5. The summed E-state index contributed by atoms with van der Waals surface area (Å²) in [5.74, 6) is 0. The molecule has 0 aliphatic heterocycles. The number of aliphatic imine (C=N–C) groups is 1. The Morgan fingerprint density at radius 2 is 1.75 bits per heavy atom. The number of hydrogen-bond donors (Lipinski definition) is 4. The molecule has 0 unspecified atom stereocenters. The van der Waals surface area contributed by atoms with E-state index in [9.17, 15) is 5.26 Å². The van der Waals surface area contributed by atoms with Crippen molar-refractivity contribution < 1.29 is 0 Å². The lowest BCUT2D eigenvalue weighted by molar-refractivity contribution is 0.977. The largest absolute Gasteiger partial charge is 0.390 e. The minimum absolute atomic E-state index is 0.411. The molecule has 0 spiro atoms. The second-order valence-electron chi connectivity index (χ2n) is 6.73. The maximum Gasteiger partial charge on any atom is 0.101 e. The molecular formula is C23H21Cl3N6. The van der Waals surface area contributed by atoms with E-state index in [4.69, 9.17) is 40.5 Å². The molecule has 6 nitrogen and oxygen atoms in total. The van der Waals surface area contributed by atoms with Gasteiger partial charge in [-0.3, -0.25) is 4.99 Å². The van der Waals surface area contributed by atoms with Crippen molar-refractivity contribution in [2.75, 3.05) is 18.9 Å². The lowest BCUT2D eigenvalue weighted by atomic mass is 10.0. The Balaban J connectivity index is 0.00000141. The molecule has 3 aromatic carbocycles. The third kappa shape index (κ3) is 4.93. The summed E-state index contributed by atoms with van der Waals surface area (Å²) in [6, 6.07) is 15.1. The topological polar surface area (TPSA) is 116 Å². The molecule has 4 rings (SSSR count). The predicted octanol–water partition coefficient (Wildman–Crippen LogP) is 6.00. The Morgan fingerprint density at radius 3 is 2.47 bits per heavy atom. The van der Waals surface area contributed by atoms with E-state index in [0.29, 0.717) is 33.6 Å². The van der Waals surface area contributed by atoms with Crippen LogP contribution in [0.3, 0.4) is 0 Å². The molecule has 0 radical (unpaired) electrons. The second kappa shape index (κ2) is 10.6. The summed E-state index contributed by atoms with van der Waals surface area (Å²) < 4.78 is 0. The number of nitrogens with one attached hydrogen (secondary N) is 2. The van der Waals surface area contributed by atoms with Crippen molar-refractivity contribution in [3.05, 3.63) is 68.7 Å². The minimum atomic E-state index is 0.411. The van der Waals surface area contributed by atoms with E-state index in [1.807, 2.05) is 30.3 Å². The first-order chi connectivity index (χ1) is 15.5. The Morgan fingerprint density at radius 1 is 1.00 bits per heavy atom. The molecule has 6 N–H and O–H groups in total. The molecule has 0 saturated heterocycles. The van der Waals surface area contributed by atoms with Crippen LogP contribution in [-0.4, -0.2) is 24.9 Å². The molecule has 0 atom stereocenters. The normalized spacial score (nSPS) is 10.9. The summed E-state index contributed by atoms with van der Waals surface area (Å²) in [5.41, 5.74) is 14.9. The van der Waals surface area contributed by atoms with Crippen molar-refractivity contribution >= 4 is 74.3 Å². The first kappa shape index (κ1) is 23.7. The molecule has 0 bridgehead atoms. The number of nitrogens with two attached hydrogens (primary N) is 2. The van der Waals surface area contributed by atoms with E-state index in [1.165, 1.54) is 13.4 Å². The molecule has 32 heavy (non-hydrogen) atoms. The Kier molecular flexibility index (Phi) is 7.84. The van der Waals surface area contributed by atoms with Crippen LogP contribution in [0.2, 0.25) is 15.1 Å². The van der Waals surface area contributed by atoms with Gasteiger partial charge in [0.25, 0.3) is 0 Å². The maximum atomic E-state index is 9.24. The number of anilines is 2. The monoisotopic (exact) mass is 486 g/mol. The Hall–Kier alpha value is -2.95. The van der Waals surface area contributed by atoms with Gasteiger partial charge in [-0.1, -0.05) is 34.8 Å². The number of aromatic amines is 1. The van der Waals surface area contributed by atoms with E-state index in [0.717, 1.165) is 38.7 Å². The van der Waals surface area contributed by atoms with Gasteiger partial charge in [-0.15, -0.1) is 0 Å². The average molecular weight is 488 g/mol. The van der Waals surface area contributed by atoms with Crippen LogP contribution in [0.15, 0.2) is 47.5 Å². The van der Waals surface area contributed by atoms with E-state index in [1.54, 1.807) is 12.1 Å². The van der Waals surface area contributed by atoms with Crippen LogP contribution in [0.4, 0.5) is 11.4 Å². The molecule has 1 aromatic heterocycles. The molecular weight excluding hydrogens is 467 g/mol. The van der Waals surface area contributed by atoms with Gasteiger partial charge in [0, 0.05) is 39.7 Å². The number of aromatic nitrogens is 1. The number of fused-ring (bicyclic) bond motifs is 3. The number of nitriles is 1. The van der Waals surface area contributed by atoms with Crippen LogP contribution in [0, 0.1) is 11.3 Å². The van der Waals surface area contributed by atoms with Crippen LogP contribution in [0.25, 0.3) is 21.8 Å². The standard InChI is InChI=1S/C22H16Cl3N5.CH5N/c23-18-2-1-14(6-13(18)10-26)29-15-5-12(3-4-28-11-27)22-17(7-15)16-8-19(24)20(25)9-21(16)30-22;1-2/h1-2,5-9,11,29-30H,3-4H2,(H2,27,28);2H2,1H3. The van der Waals surface area contributed by atoms with Crippen molar-refractivity contribution in [3.8, 4) is 6.07 Å². The van der Waals surface area contributed by atoms with Gasteiger partial charge in [0.1, 0.15) is 6.07 Å². The third-order valence-electron chi connectivity index (χ3n) is 4.82. The number of hydrogen-bond acceptors (Lipinski definition) is 4. The second-order valence-corrected chi connectivity index (χ2v) is 7.95. The maximum absolute atomic E-state index is 9.24. The number of halogens is 3. The van der Waals surface area contributed by atoms with E-state index >= 15 is 0 Å². The summed E-state index contributed by atoms with van der Waals surface area (Å²) in [6.07, 6.45) is 2.00. The van der Waals surface area contributed by atoms with E-state index in [-0.39, 0.29) is 0 Å². The first-order valence-electron chi connectivity index (χ1n) is 9.68. The van der Waals surface area contributed by atoms with Gasteiger partial charge in [0.05, 0.1) is 27.0 Å². The molecule has 0 saturated carbocycles. The zero-order valence-electron chi connectivity index (χ0n) is 17.2. The lowest BCUT2D eigenvalue weighted by Crippen LogP contribution is -1.98. The predicted molar refractivity (Wildman–Crippen MR) is 137 cm³/mol. The van der Waals surface area contributed by atoms with Crippen LogP contribution in [0.1, 0.15) is 11.1 Å². The number of benzene rings is 3. The molecule has 0 aliphatic rings. The first-order valence-corrected chi connectivity index (χ1v) is 10.8. The quantitative estimate of drug-likeness (QED) is 0.204. The smallest absolute Gasteiger partial charge is 0.101 e. The molecule has 4 aromatic rings. The molecule has 9 heteroatoms. The summed E-state index contributed by atoms with van der Waals surface area (Å²) in [5, 5.41) is 16.0. The summed E-state index contributed by atoms with van der Waals surface area (Å²) >= 11 is 18.5. The fourth-order valence-electron chi connectivity index (χ4n) is 3.45. The molecule has 164 valence electrons. The summed E-state index contributed by atoms with van der Waals surface area (Å²) in [7, 11) is 1.50. The highest BCUT2D eigenvalue weighted by Gasteiger charge is 2.13. The highest BCUT2D eigenvalue weighted by molar-refractivity contribution is 6.43. The average Bonchev–Trinajstić information content (AvgIpc) is 3.14. The number of H-pyrrole nitrogens is 1. The summed E-state index contributed by atoms with van der Waals surface area (Å²) in [4.78, 5) is 7.57. The minimum Gasteiger partial charge on any atom is -0.390 e. The van der Waals surface area contributed by atoms with Gasteiger partial charge in [0.2, 0.25) is 0 Å². The highest BCUT2D eigenvalue weighted by Crippen LogP contribution is 2.36. The molecule has 0 amide bonds. The van der Waals surface area contributed by atoms with Gasteiger partial charge >= 0.3 is 0 Å². The lowest BCUT2D eigenvalue weighted by Gasteiger charge is -2.11. The van der Waals surface area contributed by atoms with Crippen molar-refractivity contribution in [1.82, 2.24) is 4.98 Å². The van der Waals surface area contributed by atoms with Crippen molar-refractivity contribution in [1.29, 1.82) is 5.26 Å². The zero-order valence-corrected chi connectivity index (χ0v) is 19.5. The van der Waals surface area contributed by atoms with Crippen LogP contribution in [-0.2, 0) is 6.42 Å². The van der Waals surface area contributed by atoms with Gasteiger partial charge in [-0.25, -0.2) is 0 Å². The van der Waals surface area contributed by atoms with Gasteiger partial charge in [0.15, 0.2) is 0 Å². The number of nitrogens with zero attached hydrogens (tertiary/aromatic N) is 2. The van der Waals surface area contributed by atoms with Gasteiger partial charge in [-0.05, 0) is 61.5 Å². The third-order valence-corrected chi connectivity index (χ3v) is 5.87. The van der Waals surface area contributed by atoms with Gasteiger partial charge in [-0.2, -0.15) is 5.26 Å². The van der Waals surface area contributed by atoms with Crippen LogP contribution >= 0.6 is 34.8 Å². The Bertz CT molecular complexity index is 1340. The van der Waals surface area contributed by atoms with Crippen molar-refractivity contribution in [2.24, 2.45) is 16.5 Å². The molecule has 1 heterocycles. The van der Waals surface area contributed by atoms with E-state index in [2.05, 4.69) is 27.1 Å².